The summed E-state index contributed by atoms with van der Waals surface area (Å²) in [5.41, 5.74) is 1.57. The number of hydrogen-bond acceptors (Lipinski definition) is 5. The zero-order valence-corrected chi connectivity index (χ0v) is 16.4. The molecule has 146 valence electrons. The number of benzene rings is 1. The van der Waals surface area contributed by atoms with Crippen LogP contribution in [0.2, 0.25) is 0 Å². The van der Waals surface area contributed by atoms with E-state index in [-0.39, 0.29) is 29.8 Å². The molecule has 1 saturated carbocycles. The number of nitrogens with zero attached hydrogens (tertiary/aromatic N) is 1. The Balaban J connectivity index is 1.53. The molecule has 0 bridgehead atoms. The largest absolute Gasteiger partial charge is 0.497 e. The van der Waals surface area contributed by atoms with Gasteiger partial charge in [0, 0.05) is 19.0 Å². The minimum atomic E-state index is -0.0757. The van der Waals surface area contributed by atoms with Crippen LogP contribution in [-0.2, 0) is 14.3 Å². The molecule has 1 saturated heterocycles. The van der Waals surface area contributed by atoms with Crippen LogP contribution < -0.4 is 4.74 Å². The van der Waals surface area contributed by atoms with Crippen molar-refractivity contribution in [2.75, 3.05) is 26.9 Å². The van der Waals surface area contributed by atoms with Gasteiger partial charge < -0.3 is 14.2 Å². The smallest absolute Gasteiger partial charge is 0.173 e. The van der Waals surface area contributed by atoms with Gasteiger partial charge in [0.25, 0.3) is 0 Å². The van der Waals surface area contributed by atoms with E-state index in [4.69, 9.17) is 14.2 Å². The molecule has 2 fully saturated rings. The molecule has 4 atom stereocenters. The van der Waals surface area contributed by atoms with E-state index in [0.717, 1.165) is 37.2 Å². The van der Waals surface area contributed by atoms with Gasteiger partial charge in [-0.3, -0.25) is 9.69 Å². The first-order valence-corrected chi connectivity index (χ1v) is 9.95. The van der Waals surface area contributed by atoms with Gasteiger partial charge in [-0.05, 0) is 36.5 Å². The maximum absolute atomic E-state index is 13.2. The summed E-state index contributed by atoms with van der Waals surface area (Å²) in [5.74, 6) is 1.77. The van der Waals surface area contributed by atoms with Crippen LogP contribution in [0.4, 0.5) is 0 Å². The lowest BCUT2D eigenvalue weighted by Gasteiger charge is -2.48. The van der Waals surface area contributed by atoms with Gasteiger partial charge in [-0.25, -0.2) is 0 Å². The lowest BCUT2D eigenvalue weighted by atomic mass is 9.71. The van der Waals surface area contributed by atoms with Crippen molar-refractivity contribution in [3.05, 3.63) is 36.1 Å². The summed E-state index contributed by atoms with van der Waals surface area (Å²) >= 11 is 0. The van der Waals surface area contributed by atoms with E-state index in [2.05, 4.69) is 18.7 Å². The summed E-state index contributed by atoms with van der Waals surface area (Å²) < 4.78 is 17.5. The topological polar surface area (TPSA) is 48.0 Å². The number of Topliss-reactive ketones (excluding diaryl/α,β-unsaturated/α-hetero) is 1. The second-order valence-corrected chi connectivity index (χ2v) is 8.34. The summed E-state index contributed by atoms with van der Waals surface area (Å²) in [7, 11) is 1.64. The van der Waals surface area contributed by atoms with E-state index in [0.29, 0.717) is 18.2 Å². The minimum absolute atomic E-state index is 0.0732. The molecule has 2 aliphatic heterocycles. The Morgan fingerprint density at radius 2 is 2.00 bits per heavy atom. The third-order valence-electron chi connectivity index (χ3n) is 5.97. The van der Waals surface area contributed by atoms with Crippen molar-refractivity contribution < 1.29 is 19.0 Å². The van der Waals surface area contributed by atoms with E-state index >= 15 is 0 Å². The molecule has 2 heterocycles. The fraction of sp³-hybridized carbons (Fsp3) is 0.591. The van der Waals surface area contributed by atoms with Gasteiger partial charge in [0.15, 0.2) is 5.78 Å². The minimum Gasteiger partial charge on any atom is -0.497 e. The van der Waals surface area contributed by atoms with Crippen molar-refractivity contribution in [1.29, 1.82) is 0 Å². The molecular formula is C22H29NO4. The molecule has 1 aliphatic carbocycles. The van der Waals surface area contributed by atoms with Crippen molar-refractivity contribution >= 4 is 11.4 Å². The number of rotatable bonds is 4. The predicted molar refractivity (Wildman–Crippen MR) is 103 cm³/mol. The lowest BCUT2D eigenvalue weighted by Crippen LogP contribution is -2.56. The van der Waals surface area contributed by atoms with Crippen LogP contribution in [0.3, 0.4) is 0 Å². The van der Waals surface area contributed by atoms with Gasteiger partial charge in [0.2, 0.25) is 0 Å². The summed E-state index contributed by atoms with van der Waals surface area (Å²) in [6, 6.07) is 7.61. The fourth-order valence-corrected chi connectivity index (χ4v) is 4.72. The van der Waals surface area contributed by atoms with Gasteiger partial charge >= 0.3 is 0 Å². The van der Waals surface area contributed by atoms with Crippen molar-refractivity contribution in [3.63, 3.8) is 0 Å². The number of allylic oxidation sites excluding steroid dienone is 1. The molecule has 3 aliphatic rings. The highest BCUT2D eigenvalue weighted by Gasteiger charge is 2.49. The van der Waals surface area contributed by atoms with E-state index in [1.54, 1.807) is 13.4 Å². The highest BCUT2D eigenvalue weighted by Crippen LogP contribution is 2.42. The first-order chi connectivity index (χ1) is 13.1. The molecule has 4 unspecified atom stereocenters. The van der Waals surface area contributed by atoms with Crippen LogP contribution in [0, 0.1) is 17.8 Å². The molecule has 0 N–H and O–H groups in total. The molecule has 1 aromatic rings. The van der Waals surface area contributed by atoms with Crippen molar-refractivity contribution in [3.8, 4) is 5.75 Å². The molecule has 4 rings (SSSR count). The summed E-state index contributed by atoms with van der Waals surface area (Å²) in [4.78, 5) is 15.6. The first kappa shape index (κ1) is 18.5. The Morgan fingerprint density at radius 3 is 2.70 bits per heavy atom. The fourth-order valence-electron chi connectivity index (χ4n) is 4.72. The molecule has 5 heteroatoms. The number of hydrogen-bond donors (Lipinski definition) is 0. The second kappa shape index (κ2) is 7.64. The third kappa shape index (κ3) is 3.63. The Hall–Kier alpha value is -1.85. The Labute approximate surface area is 161 Å². The van der Waals surface area contributed by atoms with Crippen LogP contribution in [0.5, 0.6) is 5.75 Å². The van der Waals surface area contributed by atoms with E-state index in [9.17, 15) is 4.79 Å². The van der Waals surface area contributed by atoms with Crippen LogP contribution >= 0.6 is 0 Å². The molecule has 1 aromatic carbocycles. The number of ether oxygens (including phenoxy) is 3. The number of methoxy groups -OCH3 is 1. The molecule has 0 aromatic heterocycles. The standard InChI is InChI=1S/C22H29NO4/c1-14(2)10-23-11-18-20(27-13-23)9-8-17-21(24)19(12-26-22(17)18)15-4-6-16(25-3)7-5-15/h4-7,12,14,17-18,20,22H,8-11,13H2,1-3H3. The summed E-state index contributed by atoms with van der Waals surface area (Å²) in [5, 5.41) is 0. The Kier molecular flexibility index (Phi) is 5.24. The molecule has 0 radical (unpaired) electrons. The number of ketones is 1. The van der Waals surface area contributed by atoms with Gasteiger partial charge in [0.05, 0.1) is 37.7 Å². The molecular weight excluding hydrogens is 342 g/mol. The third-order valence-corrected chi connectivity index (χ3v) is 5.97. The zero-order valence-electron chi connectivity index (χ0n) is 16.4. The molecule has 5 nitrogen and oxygen atoms in total. The monoisotopic (exact) mass is 371 g/mol. The Bertz CT molecular complexity index is 712. The van der Waals surface area contributed by atoms with Gasteiger partial charge in [-0.1, -0.05) is 26.0 Å². The van der Waals surface area contributed by atoms with Crippen LogP contribution in [0.1, 0.15) is 32.3 Å². The number of carbonyl (C=O) groups excluding carboxylic acids is 1. The van der Waals surface area contributed by atoms with Crippen LogP contribution in [-0.4, -0.2) is 49.8 Å². The van der Waals surface area contributed by atoms with Gasteiger partial charge in [0.1, 0.15) is 11.9 Å². The van der Waals surface area contributed by atoms with Crippen molar-refractivity contribution in [2.24, 2.45) is 17.8 Å². The summed E-state index contributed by atoms with van der Waals surface area (Å²) in [6.07, 6.45) is 3.58. The average Bonchev–Trinajstić information content (AvgIpc) is 2.68. The van der Waals surface area contributed by atoms with E-state index in [1.165, 1.54) is 0 Å². The van der Waals surface area contributed by atoms with Gasteiger partial charge in [-0.15, -0.1) is 0 Å². The van der Waals surface area contributed by atoms with Crippen LogP contribution in [0.15, 0.2) is 30.5 Å². The highest BCUT2D eigenvalue weighted by molar-refractivity contribution is 6.22. The maximum atomic E-state index is 13.2. The predicted octanol–water partition coefficient (Wildman–Crippen LogP) is 3.34. The molecule has 0 spiro atoms. The normalized spacial score (nSPS) is 31.0. The van der Waals surface area contributed by atoms with Crippen LogP contribution in [0.25, 0.3) is 5.57 Å². The Morgan fingerprint density at radius 1 is 1.22 bits per heavy atom. The SMILES string of the molecule is COc1ccc(C2=COC3C(CCC4OCN(CC(C)C)CC43)C2=O)cc1. The molecule has 0 amide bonds. The number of carbonyl (C=O) groups is 1. The highest BCUT2D eigenvalue weighted by atomic mass is 16.5. The number of fused-ring (bicyclic) bond motifs is 3. The van der Waals surface area contributed by atoms with Crippen molar-refractivity contribution in [1.82, 2.24) is 4.90 Å². The zero-order chi connectivity index (χ0) is 19.0. The average molecular weight is 371 g/mol. The summed E-state index contributed by atoms with van der Waals surface area (Å²) in [6.45, 7) is 7.10. The molecule has 27 heavy (non-hydrogen) atoms. The van der Waals surface area contributed by atoms with Crippen molar-refractivity contribution in [2.45, 2.75) is 38.9 Å². The van der Waals surface area contributed by atoms with E-state index < -0.39 is 0 Å². The van der Waals surface area contributed by atoms with Gasteiger partial charge in [-0.2, -0.15) is 0 Å². The second-order valence-electron chi connectivity index (χ2n) is 8.34. The lowest BCUT2D eigenvalue weighted by molar-refractivity contribution is -0.171. The quantitative estimate of drug-likeness (QED) is 0.812. The van der Waals surface area contributed by atoms with E-state index in [1.807, 2.05) is 24.3 Å². The first-order valence-electron chi connectivity index (χ1n) is 9.95. The maximum Gasteiger partial charge on any atom is 0.173 e.